The molecule has 0 radical (unpaired) electrons. The highest BCUT2D eigenvalue weighted by Crippen LogP contribution is 2.60. The van der Waals surface area contributed by atoms with E-state index in [4.69, 9.17) is 0 Å². The zero-order chi connectivity index (χ0) is 23.0. The Morgan fingerprint density at radius 3 is 2.65 bits per heavy atom. The van der Waals surface area contributed by atoms with E-state index in [2.05, 4.69) is 55.2 Å². The van der Waals surface area contributed by atoms with Gasteiger partial charge >= 0.3 is 0 Å². The van der Waals surface area contributed by atoms with Crippen LogP contribution >= 0.6 is 22.6 Å². The first-order valence-corrected chi connectivity index (χ1v) is 13.5. The Kier molecular flexibility index (Phi) is 8.20. The molecule has 176 valence electrons. The van der Waals surface area contributed by atoms with E-state index in [9.17, 15) is 15.3 Å². The van der Waals surface area contributed by atoms with Gasteiger partial charge in [0.1, 0.15) is 0 Å². The summed E-state index contributed by atoms with van der Waals surface area (Å²) in [7, 11) is 0. The van der Waals surface area contributed by atoms with Crippen molar-refractivity contribution in [2.45, 2.75) is 107 Å². The summed E-state index contributed by atoms with van der Waals surface area (Å²) < 4.78 is 0.592. The average Bonchev–Trinajstić information content (AvgIpc) is 3.04. The molecule has 0 bridgehead atoms. The quantitative estimate of drug-likeness (QED) is 0.280. The molecule has 1 unspecified atom stereocenters. The van der Waals surface area contributed by atoms with Crippen molar-refractivity contribution in [2.75, 3.05) is 0 Å². The monoisotopic (exact) mass is 542 g/mol. The number of alkyl halides is 1. The van der Waals surface area contributed by atoms with Gasteiger partial charge in [0.05, 0.1) is 17.8 Å². The fourth-order valence-electron chi connectivity index (χ4n) is 6.61. The highest BCUT2D eigenvalue weighted by atomic mass is 127. The van der Waals surface area contributed by atoms with Gasteiger partial charge in [-0.3, -0.25) is 0 Å². The van der Waals surface area contributed by atoms with E-state index in [1.54, 1.807) is 5.57 Å². The zero-order valence-electron chi connectivity index (χ0n) is 19.9. The molecule has 3 rings (SSSR count). The van der Waals surface area contributed by atoms with Gasteiger partial charge < -0.3 is 15.3 Å². The van der Waals surface area contributed by atoms with Gasteiger partial charge in [-0.1, -0.05) is 60.7 Å². The standard InChI is InChI=1S/C27H43IO3/c1-17-20(15-21(29)16-25(17)30)9-8-19-7-6-13-27(5)22(10-11-23(19)27)18(2)24(28)12-14-26(3,4)31/h8-9,18,21-25,29-31H,1,6-7,10-16H2,2-5H3/b19-8?,20-9-/t18-,21+,22+,23?,24+,25+,27+/m0/s1. The van der Waals surface area contributed by atoms with Crippen molar-refractivity contribution in [2.24, 2.45) is 23.2 Å². The predicted molar refractivity (Wildman–Crippen MR) is 137 cm³/mol. The Labute approximate surface area is 203 Å². The Morgan fingerprint density at radius 2 is 1.97 bits per heavy atom. The van der Waals surface area contributed by atoms with Gasteiger partial charge in [-0.05, 0) is 99.5 Å². The van der Waals surface area contributed by atoms with Crippen LogP contribution in [0.25, 0.3) is 0 Å². The number of fused-ring (bicyclic) bond motifs is 1. The first-order valence-electron chi connectivity index (χ1n) is 12.2. The largest absolute Gasteiger partial charge is 0.393 e. The van der Waals surface area contributed by atoms with E-state index >= 15 is 0 Å². The topological polar surface area (TPSA) is 60.7 Å². The van der Waals surface area contributed by atoms with E-state index in [1.807, 2.05) is 13.8 Å². The minimum atomic E-state index is -0.619. The fraction of sp³-hybridized carbons (Fsp3) is 0.778. The first-order chi connectivity index (χ1) is 14.4. The van der Waals surface area contributed by atoms with Crippen LogP contribution < -0.4 is 0 Å². The van der Waals surface area contributed by atoms with E-state index in [1.165, 1.54) is 25.7 Å². The van der Waals surface area contributed by atoms with Gasteiger partial charge in [-0.2, -0.15) is 0 Å². The molecule has 0 aromatic rings. The van der Waals surface area contributed by atoms with Crippen LogP contribution in [-0.2, 0) is 0 Å². The molecule has 3 nitrogen and oxygen atoms in total. The smallest absolute Gasteiger partial charge is 0.0811 e. The van der Waals surface area contributed by atoms with Gasteiger partial charge in [0.15, 0.2) is 0 Å². The number of halogens is 1. The van der Waals surface area contributed by atoms with Gasteiger partial charge in [0.25, 0.3) is 0 Å². The molecule has 0 aliphatic heterocycles. The molecule has 0 aromatic carbocycles. The summed E-state index contributed by atoms with van der Waals surface area (Å²) in [6, 6.07) is 0. The lowest BCUT2D eigenvalue weighted by Gasteiger charge is -2.45. The number of hydrogen-bond acceptors (Lipinski definition) is 3. The fourth-order valence-corrected chi connectivity index (χ4v) is 7.43. The average molecular weight is 543 g/mol. The third-order valence-electron chi connectivity index (χ3n) is 8.54. The minimum Gasteiger partial charge on any atom is -0.393 e. The maximum atomic E-state index is 10.2. The van der Waals surface area contributed by atoms with Crippen LogP contribution in [0.1, 0.15) is 85.5 Å². The number of aliphatic hydroxyl groups is 3. The van der Waals surface area contributed by atoms with Gasteiger partial charge in [-0.15, -0.1) is 0 Å². The third-order valence-corrected chi connectivity index (χ3v) is 10.3. The lowest BCUT2D eigenvalue weighted by molar-refractivity contribution is 0.0621. The summed E-state index contributed by atoms with van der Waals surface area (Å²) in [6.07, 6.45) is 12.5. The van der Waals surface area contributed by atoms with Crippen LogP contribution in [0.5, 0.6) is 0 Å². The van der Waals surface area contributed by atoms with Crippen LogP contribution in [-0.4, -0.2) is 37.1 Å². The number of hydrogen-bond donors (Lipinski definition) is 3. The van der Waals surface area contributed by atoms with Gasteiger partial charge in [0, 0.05) is 10.3 Å². The van der Waals surface area contributed by atoms with Crippen molar-refractivity contribution in [3.05, 3.63) is 35.5 Å². The van der Waals surface area contributed by atoms with Crippen LogP contribution in [0.3, 0.4) is 0 Å². The van der Waals surface area contributed by atoms with Gasteiger partial charge in [-0.25, -0.2) is 0 Å². The van der Waals surface area contributed by atoms with Crippen molar-refractivity contribution in [1.29, 1.82) is 0 Å². The minimum absolute atomic E-state index is 0.350. The van der Waals surface area contributed by atoms with Crippen molar-refractivity contribution >= 4 is 22.6 Å². The molecule has 7 atom stereocenters. The molecule has 31 heavy (non-hydrogen) atoms. The van der Waals surface area contributed by atoms with E-state index in [0.717, 1.165) is 36.3 Å². The SMILES string of the molecule is C=C1/C(=C\C=C2CCC[C@@]3(C)C2CC[C@@H]3[C@H](C)[C@H](I)CCC(C)(C)O)C[C@@H](O)C[C@H]1O. The lowest BCUT2D eigenvalue weighted by atomic mass is 9.60. The van der Waals surface area contributed by atoms with Crippen molar-refractivity contribution < 1.29 is 15.3 Å². The third kappa shape index (κ3) is 5.85. The molecule has 3 aliphatic rings. The maximum absolute atomic E-state index is 10.2. The molecule has 0 spiro atoms. The summed E-state index contributed by atoms with van der Waals surface area (Å²) >= 11 is 2.63. The van der Waals surface area contributed by atoms with E-state index in [-0.39, 0.29) is 0 Å². The molecule has 4 heteroatoms. The highest BCUT2D eigenvalue weighted by molar-refractivity contribution is 14.1. The molecule has 3 aliphatic carbocycles. The van der Waals surface area contributed by atoms with E-state index < -0.39 is 17.8 Å². The predicted octanol–water partition coefficient (Wildman–Crippen LogP) is 6.12. The molecular weight excluding hydrogens is 499 g/mol. The van der Waals surface area contributed by atoms with Crippen LogP contribution in [0.15, 0.2) is 35.5 Å². The van der Waals surface area contributed by atoms with E-state index in [0.29, 0.717) is 34.0 Å². The van der Waals surface area contributed by atoms with Crippen LogP contribution in [0.4, 0.5) is 0 Å². The second-order valence-electron chi connectivity index (χ2n) is 11.4. The molecule has 0 amide bonds. The Balaban J connectivity index is 1.74. The molecular formula is C27H43IO3. The lowest BCUT2D eigenvalue weighted by Crippen LogP contribution is -2.38. The summed E-state index contributed by atoms with van der Waals surface area (Å²) in [5, 5.41) is 30.4. The van der Waals surface area contributed by atoms with Gasteiger partial charge in [0.2, 0.25) is 0 Å². The van der Waals surface area contributed by atoms with Crippen molar-refractivity contribution in [1.82, 2.24) is 0 Å². The Bertz CT molecular complexity index is 718. The second kappa shape index (κ2) is 9.99. The Morgan fingerprint density at radius 1 is 1.26 bits per heavy atom. The summed E-state index contributed by atoms with van der Waals surface area (Å²) in [5.74, 6) is 2.01. The zero-order valence-corrected chi connectivity index (χ0v) is 22.1. The van der Waals surface area contributed by atoms with Crippen molar-refractivity contribution in [3.8, 4) is 0 Å². The molecule has 0 heterocycles. The highest BCUT2D eigenvalue weighted by Gasteiger charge is 2.51. The van der Waals surface area contributed by atoms with Crippen LogP contribution in [0, 0.1) is 23.2 Å². The first kappa shape index (κ1) is 25.5. The summed E-state index contributed by atoms with van der Waals surface area (Å²) in [5.41, 5.74) is 3.11. The normalized spacial score (nSPS) is 39.0. The summed E-state index contributed by atoms with van der Waals surface area (Å²) in [4.78, 5) is 0. The van der Waals surface area contributed by atoms with Crippen LogP contribution in [0.2, 0.25) is 0 Å². The molecule has 3 fully saturated rings. The molecule has 0 aromatic heterocycles. The maximum Gasteiger partial charge on any atom is 0.0811 e. The number of aliphatic hydroxyl groups excluding tert-OH is 2. The second-order valence-corrected chi connectivity index (χ2v) is 13.0. The molecule has 3 saturated carbocycles. The molecule has 3 N–H and O–H groups in total. The molecule has 0 saturated heterocycles. The number of allylic oxidation sites excluding steroid dienone is 3. The Hall–Kier alpha value is -0.170. The summed E-state index contributed by atoms with van der Waals surface area (Å²) in [6.45, 7) is 12.9. The number of rotatable bonds is 6. The van der Waals surface area contributed by atoms with Crippen molar-refractivity contribution in [3.63, 3.8) is 0 Å².